The third-order valence-electron chi connectivity index (χ3n) is 3.07. The molecule has 0 aliphatic carbocycles. The molecule has 5 heteroatoms. The van der Waals surface area contributed by atoms with E-state index in [0.29, 0.717) is 22.2 Å². The summed E-state index contributed by atoms with van der Waals surface area (Å²) in [6.45, 7) is 1.96. The van der Waals surface area contributed by atoms with Crippen molar-refractivity contribution < 1.29 is 9.47 Å². The number of para-hydroxylation sites is 1. The molecule has 20 heavy (non-hydrogen) atoms. The molecule has 0 aromatic heterocycles. The van der Waals surface area contributed by atoms with E-state index in [2.05, 4.69) is 5.32 Å². The van der Waals surface area contributed by atoms with Gasteiger partial charge in [0.2, 0.25) is 0 Å². The van der Waals surface area contributed by atoms with Crippen LogP contribution < -0.4 is 20.5 Å². The fourth-order valence-corrected chi connectivity index (χ4v) is 2.13. The number of methoxy groups -OCH3 is 2. The van der Waals surface area contributed by atoms with E-state index in [4.69, 9.17) is 26.8 Å². The molecule has 2 aromatic rings. The van der Waals surface area contributed by atoms with Crippen LogP contribution in [0.4, 0.5) is 17.1 Å². The number of ether oxygens (including phenoxy) is 2. The lowest BCUT2D eigenvalue weighted by Gasteiger charge is -2.15. The Kier molecular flexibility index (Phi) is 4.25. The van der Waals surface area contributed by atoms with Gasteiger partial charge in [-0.15, -0.1) is 0 Å². The topological polar surface area (TPSA) is 56.5 Å². The van der Waals surface area contributed by atoms with E-state index in [0.717, 1.165) is 16.9 Å². The predicted molar refractivity (Wildman–Crippen MR) is 83.4 cm³/mol. The highest BCUT2D eigenvalue weighted by atomic mass is 35.5. The van der Waals surface area contributed by atoms with Gasteiger partial charge in [-0.1, -0.05) is 23.7 Å². The molecule has 0 aliphatic heterocycles. The van der Waals surface area contributed by atoms with Crippen molar-refractivity contribution >= 4 is 28.7 Å². The van der Waals surface area contributed by atoms with Crippen molar-refractivity contribution in [3.05, 3.63) is 40.9 Å². The summed E-state index contributed by atoms with van der Waals surface area (Å²) in [5.41, 5.74) is 9.30. The van der Waals surface area contributed by atoms with Gasteiger partial charge in [0.25, 0.3) is 0 Å². The van der Waals surface area contributed by atoms with E-state index in [1.54, 1.807) is 26.4 Å². The third kappa shape index (κ3) is 2.75. The molecule has 0 amide bonds. The predicted octanol–water partition coefficient (Wildman–Crippen LogP) is 3.99. The first-order valence-electron chi connectivity index (χ1n) is 6.10. The molecule has 0 heterocycles. The minimum absolute atomic E-state index is 0.502. The summed E-state index contributed by atoms with van der Waals surface area (Å²) < 4.78 is 10.5. The Balaban J connectivity index is 2.42. The van der Waals surface area contributed by atoms with Gasteiger partial charge in [0.05, 0.1) is 36.3 Å². The Morgan fingerprint density at radius 2 is 1.75 bits per heavy atom. The number of anilines is 3. The number of nitrogens with one attached hydrogen (secondary N) is 1. The molecule has 3 N–H and O–H groups in total. The normalized spacial score (nSPS) is 10.2. The van der Waals surface area contributed by atoms with Crippen molar-refractivity contribution in [3.63, 3.8) is 0 Å². The summed E-state index contributed by atoms with van der Waals surface area (Å²) in [5, 5.41) is 3.74. The highest BCUT2D eigenvalue weighted by Crippen LogP contribution is 2.38. The second-order valence-corrected chi connectivity index (χ2v) is 4.76. The van der Waals surface area contributed by atoms with Crippen LogP contribution in [-0.4, -0.2) is 14.2 Å². The van der Waals surface area contributed by atoms with E-state index < -0.39 is 0 Å². The molecule has 0 atom stereocenters. The monoisotopic (exact) mass is 292 g/mol. The van der Waals surface area contributed by atoms with Gasteiger partial charge in [-0.05, 0) is 24.6 Å². The highest BCUT2D eigenvalue weighted by Gasteiger charge is 2.11. The summed E-state index contributed by atoms with van der Waals surface area (Å²) >= 11 is 6.14. The first-order chi connectivity index (χ1) is 9.56. The van der Waals surface area contributed by atoms with Gasteiger partial charge in [0.1, 0.15) is 11.5 Å². The number of hydrogen-bond donors (Lipinski definition) is 2. The number of rotatable bonds is 4. The molecule has 0 spiro atoms. The van der Waals surface area contributed by atoms with Gasteiger partial charge >= 0.3 is 0 Å². The minimum Gasteiger partial charge on any atom is -0.495 e. The summed E-state index contributed by atoms with van der Waals surface area (Å²) in [5.74, 6) is 1.19. The van der Waals surface area contributed by atoms with Crippen LogP contribution in [-0.2, 0) is 0 Å². The molecule has 0 saturated heterocycles. The summed E-state index contributed by atoms with van der Waals surface area (Å²) in [4.78, 5) is 0. The lowest BCUT2D eigenvalue weighted by atomic mass is 10.1. The van der Waals surface area contributed by atoms with Crippen LogP contribution in [0.3, 0.4) is 0 Å². The van der Waals surface area contributed by atoms with Crippen LogP contribution in [0.25, 0.3) is 0 Å². The molecule has 2 rings (SSSR count). The second kappa shape index (κ2) is 5.92. The van der Waals surface area contributed by atoms with E-state index in [1.807, 2.05) is 25.1 Å². The van der Waals surface area contributed by atoms with Crippen molar-refractivity contribution in [2.24, 2.45) is 0 Å². The van der Waals surface area contributed by atoms with Crippen molar-refractivity contribution in [1.29, 1.82) is 0 Å². The molecule has 0 radical (unpaired) electrons. The van der Waals surface area contributed by atoms with Crippen LogP contribution in [0.5, 0.6) is 11.5 Å². The Hall–Kier alpha value is -2.07. The number of hydrogen-bond acceptors (Lipinski definition) is 4. The zero-order valence-corrected chi connectivity index (χ0v) is 12.4. The van der Waals surface area contributed by atoms with Crippen LogP contribution >= 0.6 is 11.6 Å². The Bertz CT molecular complexity index is 630. The molecule has 0 fully saturated rings. The molecule has 106 valence electrons. The maximum Gasteiger partial charge on any atom is 0.146 e. The maximum absolute atomic E-state index is 6.14. The van der Waals surface area contributed by atoms with Crippen molar-refractivity contribution in [3.8, 4) is 11.5 Å². The molecule has 0 unspecified atom stereocenters. The average Bonchev–Trinajstić information content (AvgIpc) is 2.44. The van der Waals surface area contributed by atoms with Gasteiger partial charge < -0.3 is 20.5 Å². The molecular weight excluding hydrogens is 276 g/mol. The smallest absolute Gasteiger partial charge is 0.146 e. The Labute approximate surface area is 123 Å². The van der Waals surface area contributed by atoms with E-state index in [-0.39, 0.29) is 0 Å². The lowest BCUT2D eigenvalue weighted by molar-refractivity contribution is 0.396. The fraction of sp³-hybridized carbons (Fsp3) is 0.200. The molecule has 2 aromatic carbocycles. The van der Waals surface area contributed by atoms with Crippen LogP contribution in [0, 0.1) is 6.92 Å². The van der Waals surface area contributed by atoms with E-state index in [9.17, 15) is 0 Å². The molecular formula is C15H17ClN2O2. The summed E-state index contributed by atoms with van der Waals surface area (Å²) in [6, 6.07) is 9.28. The second-order valence-electron chi connectivity index (χ2n) is 4.35. The van der Waals surface area contributed by atoms with E-state index in [1.165, 1.54) is 0 Å². The largest absolute Gasteiger partial charge is 0.495 e. The Morgan fingerprint density at radius 3 is 2.40 bits per heavy atom. The first-order valence-corrected chi connectivity index (χ1v) is 6.48. The van der Waals surface area contributed by atoms with Crippen molar-refractivity contribution in [2.45, 2.75) is 6.92 Å². The van der Waals surface area contributed by atoms with Crippen LogP contribution in [0.2, 0.25) is 5.02 Å². The molecule has 0 saturated carbocycles. The summed E-state index contributed by atoms with van der Waals surface area (Å²) in [6.07, 6.45) is 0. The van der Waals surface area contributed by atoms with Crippen molar-refractivity contribution in [2.75, 3.05) is 25.3 Å². The van der Waals surface area contributed by atoms with Gasteiger partial charge in [-0.3, -0.25) is 0 Å². The number of nitrogen functional groups attached to an aromatic ring is 1. The first kappa shape index (κ1) is 14.3. The number of nitrogens with two attached hydrogens (primary N) is 1. The number of benzene rings is 2. The average molecular weight is 293 g/mol. The zero-order chi connectivity index (χ0) is 14.7. The molecule has 4 nitrogen and oxygen atoms in total. The summed E-state index contributed by atoms with van der Waals surface area (Å²) in [7, 11) is 3.15. The molecule has 0 bridgehead atoms. The van der Waals surface area contributed by atoms with Crippen LogP contribution in [0.1, 0.15) is 5.56 Å². The minimum atomic E-state index is 0.502. The third-order valence-corrected chi connectivity index (χ3v) is 3.36. The highest BCUT2D eigenvalue weighted by molar-refractivity contribution is 6.32. The quantitative estimate of drug-likeness (QED) is 0.837. The van der Waals surface area contributed by atoms with Crippen molar-refractivity contribution in [1.82, 2.24) is 0 Å². The van der Waals surface area contributed by atoms with Gasteiger partial charge in [-0.25, -0.2) is 0 Å². The molecule has 0 aliphatic rings. The van der Waals surface area contributed by atoms with Gasteiger partial charge in [-0.2, -0.15) is 0 Å². The van der Waals surface area contributed by atoms with Gasteiger partial charge in [0, 0.05) is 6.07 Å². The Morgan fingerprint density at radius 1 is 1.05 bits per heavy atom. The number of halogens is 1. The lowest BCUT2D eigenvalue weighted by Crippen LogP contribution is -2.00. The maximum atomic E-state index is 6.14. The SMILES string of the molecule is COc1cc(OC)c(Nc2cccc(C)c2N)cc1Cl. The fourth-order valence-electron chi connectivity index (χ4n) is 1.89. The standard InChI is InChI=1S/C15H17ClN2O2/c1-9-5-4-6-11(15(9)17)18-12-7-10(16)13(19-2)8-14(12)20-3/h4-8,18H,17H2,1-3H3. The zero-order valence-electron chi connectivity index (χ0n) is 11.7. The number of aryl methyl sites for hydroxylation is 1. The van der Waals surface area contributed by atoms with Gasteiger partial charge in [0.15, 0.2) is 0 Å². The van der Waals surface area contributed by atoms with Crippen LogP contribution in [0.15, 0.2) is 30.3 Å². The van der Waals surface area contributed by atoms with E-state index >= 15 is 0 Å².